The SMILES string of the molecule is CNc1nc2ncc(CN(C)c3ccc(C(=O)O)cc3)nc2c(=O)[nH]1. The lowest BCUT2D eigenvalue weighted by atomic mass is 10.2. The normalized spacial score (nSPS) is 10.6. The summed E-state index contributed by atoms with van der Waals surface area (Å²) in [6, 6.07) is 6.50. The fourth-order valence-corrected chi connectivity index (χ4v) is 2.34. The molecule has 0 aliphatic heterocycles. The number of aromatic nitrogens is 4. The third-order valence-electron chi connectivity index (χ3n) is 3.66. The molecule has 0 radical (unpaired) electrons. The highest BCUT2D eigenvalue weighted by atomic mass is 16.4. The number of carboxylic acid groups (broad SMARTS) is 1. The second kappa shape index (κ2) is 6.56. The number of hydrogen-bond acceptors (Lipinski definition) is 7. The number of nitrogens with one attached hydrogen (secondary N) is 2. The van der Waals surface area contributed by atoms with Crippen molar-refractivity contribution in [2.75, 3.05) is 24.3 Å². The van der Waals surface area contributed by atoms with Gasteiger partial charge in [-0.05, 0) is 24.3 Å². The molecule has 0 atom stereocenters. The topological polar surface area (TPSA) is 124 Å². The average Bonchev–Trinajstić information content (AvgIpc) is 2.62. The molecule has 3 N–H and O–H groups in total. The van der Waals surface area contributed by atoms with Crippen LogP contribution in [0.1, 0.15) is 16.1 Å². The van der Waals surface area contributed by atoms with Crippen LogP contribution in [-0.2, 0) is 6.54 Å². The molecule has 128 valence electrons. The Balaban J connectivity index is 1.85. The molecule has 0 saturated heterocycles. The minimum atomic E-state index is -0.970. The highest BCUT2D eigenvalue weighted by molar-refractivity contribution is 5.88. The van der Waals surface area contributed by atoms with Gasteiger partial charge in [-0.15, -0.1) is 0 Å². The summed E-state index contributed by atoms with van der Waals surface area (Å²) in [4.78, 5) is 40.1. The Morgan fingerprint density at radius 2 is 2.00 bits per heavy atom. The molecule has 0 spiro atoms. The first kappa shape index (κ1) is 16.4. The summed E-state index contributed by atoms with van der Waals surface area (Å²) in [5.74, 6) is -0.641. The highest BCUT2D eigenvalue weighted by Gasteiger charge is 2.10. The van der Waals surface area contributed by atoms with Gasteiger partial charge in [0.25, 0.3) is 5.56 Å². The summed E-state index contributed by atoms with van der Waals surface area (Å²) in [5.41, 5.74) is 1.72. The molecule has 1 aromatic carbocycles. The van der Waals surface area contributed by atoms with Gasteiger partial charge >= 0.3 is 5.97 Å². The Hall–Kier alpha value is -3.49. The number of carbonyl (C=O) groups is 1. The van der Waals surface area contributed by atoms with Crippen LogP contribution in [-0.4, -0.2) is 45.1 Å². The molecule has 0 unspecified atom stereocenters. The molecule has 9 nitrogen and oxygen atoms in total. The largest absolute Gasteiger partial charge is 0.478 e. The number of anilines is 2. The number of fused-ring (bicyclic) bond motifs is 1. The summed E-state index contributed by atoms with van der Waals surface area (Å²) in [6.45, 7) is 0.405. The molecule has 0 saturated carbocycles. The lowest BCUT2D eigenvalue weighted by Crippen LogP contribution is -2.19. The monoisotopic (exact) mass is 340 g/mol. The smallest absolute Gasteiger partial charge is 0.335 e. The summed E-state index contributed by atoms with van der Waals surface area (Å²) in [6.07, 6.45) is 1.57. The van der Waals surface area contributed by atoms with Crippen LogP contribution in [0.4, 0.5) is 11.6 Å². The molecule has 2 heterocycles. The van der Waals surface area contributed by atoms with Crippen molar-refractivity contribution < 1.29 is 9.90 Å². The van der Waals surface area contributed by atoms with Gasteiger partial charge in [0.15, 0.2) is 11.2 Å². The van der Waals surface area contributed by atoms with Gasteiger partial charge in [-0.25, -0.2) is 14.8 Å². The van der Waals surface area contributed by atoms with Crippen LogP contribution in [0.2, 0.25) is 0 Å². The van der Waals surface area contributed by atoms with Crippen LogP contribution in [0, 0.1) is 0 Å². The molecule has 3 aromatic rings. The van der Waals surface area contributed by atoms with E-state index in [9.17, 15) is 9.59 Å². The molecule has 0 bridgehead atoms. The minimum absolute atomic E-state index is 0.172. The third-order valence-corrected chi connectivity index (χ3v) is 3.66. The number of nitrogens with zero attached hydrogens (tertiary/aromatic N) is 4. The summed E-state index contributed by atoms with van der Waals surface area (Å²) in [7, 11) is 3.49. The summed E-state index contributed by atoms with van der Waals surface area (Å²) in [5, 5.41) is 11.7. The van der Waals surface area contributed by atoms with Gasteiger partial charge in [-0.1, -0.05) is 0 Å². The number of hydrogen-bond donors (Lipinski definition) is 3. The fourth-order valence-electron chi connectivity index (χ4n) is 2.34. The van der Waals surface area contributed by atoms with Crippen LogP contribution in [0.3, 0.4) is 0 Å². The maximum absolute atomic E-state index is 12.1. The molecule has 0 aliphatic carbocycles. The minimum Gasteiger partial charge on any atom is -0.478 e. The molecular weight excluding hydrogens is 324 g/mol. The molecule has 3 rings (SSSR count). The van der Waals surface area contributed by atoms with Crippen molar-refractivity contribution in [2.24, 2.45) is 0 Å². The maximum atomic E-state index is 12.1. The van der Waals surface area contributed by atoms with E-state index in [2.05, 4.69) is 25.3 Å². The number of rotatable bonds is 5. The van der Waals surface area contributed by atoms with E-state index in [-0.39, 0.29) is 22.3 Å². The van der Waals surface area contributed by atoms with Gasteiger partial charge in [-0.3, -0.25) is 9.78 Å². The highest BCUT2D eigenvalue weighted by Crippen LogP contribution is 2.16. The zero-order valence-electron chi connectivity index (χ0n) is 13.6. The molecule has 0 fully saturated rings. The Labute approximate surface area is 142 Å². The van der Waals surface area contributed by atoms with Crippen LogP contribution in [0.25, 0.3) is 11.2 Å². The Morgan fingerprint density at radius 1 is 1.28 bits per heavy atom. The summed E-state index contributed by atoms with van der Waals surface area (Å²) >= 11 is 0. The van der Waals surface area contributed by atoms with Gasteiger partial charge in [0, 0.05) is 19.8 Å². The van der Waals surface area contributed by atoms with Crippen molar-refractivity contribution >= 4 is 28.8 Å². The Kier molecular flexibility index (Phi) is 4.29. The predicted octanol–water partition coefficient (Wildman–Crippen LogP) is 1.09. The van der Waals surface area contributed by atoms with E-state index < -0.39 is 5.97 Å². The second-order valence-corrected chi connectivity index (χ2v) is 5.41. The van der Waals surface area contributed by atoms with E-state index in [4.69, 9.17) is 5.11 Å². The molecule has 9 heteroatoms. The van der Waals surface area contributed by atoms with Gasteiger partial charge in [0.05, 0.1) is 24.0 Å². The van der Waals surface area contributed by atoms with Crippen molar-refractivity contribution in [3.8, 4) is 0 Å². The van der Waals surface area contributed by atoms with Crippen LogP contribution in [0.5, 0.6) is 0 Å². The quantitative estimate of drug-likeness (QED) is 0.630. The Morgan fingerprint density at radius 3 is 2.64 bits per heavy atom. The standard InChI is InChI=1S/C16H16N6O3/c1-17-16-20-13-12(14(23)21-16)19-10(7-18-13)8-22(2)11-5-3-9(4-6-11)15(24)25/h3-7H,8H2,1-2H3,(H,24,25)(H2,17,18,20,21,23). The van der Waals surface area contributed by atoms with E-state index in [1.165, 1.54) is 12.1 Å². The first-order valence-corrected chi connectivity index (χ1v) is 7.46. The zero-order valence-corrected chi connectivity index (χ0v) is 13.6. The van der Waals surface area contributed by atoms with Crippen molar-refractivity contribution in [3.63, 3.8) is 0 Å². The van der Waals surface area contributed by atoms with Crippen LogP contribution < -0.4 is 15.8 Å². The molecular formula is C16H16N6O3. The fraction of sp³-hybridized carbons (Fsp3) is 0.188. The van der Waals surface area contributed by atoms with E-state index >= 15 is 0 Å². The van der Waals surface area contributed by atoms with Crippen LogP contribution >= 0.6 is 0 Å². The molecule has 0 amide bonds. The van der Waals surface area contributed by atoms with E-state index in [0.717, 1.165) is 5.69 Å². The Bertz CT molecular complexity index is 983. The maximum Gasteiger partial charge on any atom is 0.335 e. The van der Waals surface area contributed by atoms with Crippen molar-refractivity contribution in [2.45, 2.75) is 6.54 Å². The lowest BCUT2D eigenvalue weighted by molar-refractivity contribution is 0.0697. The molecule has 25 heavy (non-hydrogen) atoms. The summed E-state index contributed by atoms with van der Waals surface area (Å²) < 4.78 is 0. The number of carboxylic acids is 1. The van der Waals surface area contributed by atoms with Gasteiger partial charge in [0.1, 0.15) is 0 Å². The van der Waals surface area contributed by atoms with Crippen molar-refractivity contribution in [1.29, 1.82) is 0 Å². The first-order chi connectivity index (χ1) is 12.0. The number of aromatic amines is 1. The van der Waals surface area contributed by atoms with Crippen molar-refractivity contribution in [1.82, 2.24) is 19.9 Å². The van der Waals surface area contributed by atoms with Crippen molar-refractivity contribution in [3.05, 3.63) is 52.1 Å². The van der Waals surface area contributed by atoms with Gasteiger partial charge < -0.3 is 15.3 Å². The number of aromatic carboxylic acids is 1. The number of H-pyrrole nitrogens is 1. The lowest BCUT2D eigenvalue weighted by Gasteiger charge is -2.18. The predicted molar refractivity (Wildman–Crippen MR) is 93.0 cm³/mol. The molecule has 0 aliphatic rings. The molecule has 2 aromatic heterocycles. The van der Waals surface area contributed by atoms with Gasteiger partial charge in [-0.2, -0.15) is 4.98 Å². The first-order valence-electron chi connectivity index (χ1n) is 7.46. The zero-order chi connectivity index (χ0) is 18.0. The van der Waals surface area contributed by atoms with E-state index in [0.29, 0.717) is 18.2 Å². The van der Waals surface area contributed by atoms with Gasteiger partial charge in [0.2, 0.25) is 5.95 Å². The second-order valence-electron chi connectivity index (χ2n) is 5.41. The van der Waals surface area contributed by atoms with E-state index in [1.54, 1.807) is 25.4 Å². The number of benzene rings is 1. The third kappa shape index (κ3) is 3.39. The average molecular weight is 340 g/mol. The van der Waals surface area contributed by atoms with Crippen LogP contribution in [0.15, 0.2) is 35.3 Å². The van der Waals surface area contributed by atoms with E-state index in [1.807, 2.05) is 11.9 Å².